The normalized spacial score (nSPS) is 24.6. The van der Waals surface area contributed by atoms with Crippen molar-refractivity contribution in [1.82, 2.24) is 5.32 Å². The topological polar surface area (TPSA) is 29.1 Å². The van der Waals surface area contributed by atoms with Gasteiger partial charge in [0, 0.05) is 11.6 Å². The second kappa shape index (κ2) is 6.84. The van der Waals surface area contributed by atoms with Gasteiger partial charge in [-0.1, -0.05) is 26.7 Å². The molecule has 1 aliphatic carbocycles. The number of hydrogen-bond acceptors (Lipinski definition) is 1. The highest BCUT2D eigenvalue weighted by Crippen LogP contribution is 2.30. The van der Waals surface area contributed by atoms with Gasteiger partial charge in [0.05, 0.1) is 6.42 Å². The van der Waals surface area contributed by atoms with Crippen molar-refractivity contribution in [3.63, 3.8) is 0 Å². The van der Waals surface area contributed by atoms with Crippen molar-refractivity contribution < 1.29 is 26.7 Å². The van der Waals surface area contributed by atoms with Gasteiger partial charge in [-0.25, -0.2) is 22.0 Å². The summed E-state index contributed by atoms with van der Waals surface area (Å²) in [7, 11) is 0. The summed E-state index contributed by atoms with van der Waals surface area (Å²) < 4.78 is 66.4. The van der Waals surface area contributed by atoms with E-state index in [0.29, 0.717) is 5.92 Å². The highest BCUT2D eigenvalue weighted by molar-refractivity contribution is 5.79. The van der Waals surface area contributed by atoms with Crippen LogP contribution in [0.2, 0.25) is 0 Å². The molecule has 1 aromatic rings. The number of benzene rings is 1. The van der Waals surface area contributed by atoms with Crippen LogP contribution in [0.5, 0.6) is 0 Å². The third kappa shape index (κ3) is 3.48. The molecule has 128 valence electrons. The maximum atomic E-state index is 13.6. The van der Waals surface area contributed by atoms with Crippen LogP contribution in [0.3, 0.4) is 0 Å². The molecule has 0 radical (unpaired) electrons. The van der Waals surface area contributed by atoms with E-state index in [2.05, 4.69) is 5.32 Å². The Bertz CT molecular complexity index is 590. The molecular formula is C16H18F5NO. The Morgan fingerprint density at radius 3 is 2.04 bits per heavy atom. The van der Waals surface area contributed by atoms with E-state index in [1.54, 1.807) is 0 Å². The molecule has 1 aromatic carbocycles. The van der Waals surface area contributed by atoms with Crippen LogP contribution in [0.15, 0.2) is 0 Å². The van der Waals surface area contributed by atoms with Crippen LogP contribution in [-0.2, 0) is 11.2 Å². The Hall–Kier alpha value is -1.66. The summed E-state index contributed by atoms with van der Waals surface area (Å²) >= 11 is 0. The minimum atomic E-state index is -2.22. The zero-order valence-electron chi connectivity index (χ0n) is 12.9. The zero-order valence-corrected chi connectivity index (χ0v) is 12.9. The standard InChI is InChI=1S/C16H18F5NO/c1-7-4-3-5-10(8(7)2)22-11(23)6-9-12(17)14(19)16(21)15(20)13(9)18/h7-8,10H,3-6H2,1-2H3,(H,22,23)/t7-,8-,10+/m0/s1. The molecule has 0 saturated heterocycles. The van der Waals surface area contributed by atoms with Crippen LogP contribution >= 0.6 is 0 Å². The lowest BCUT2D eigenvalue weighted by Crippen LogP contribution is -2.44. The first-order chi connectivity index (χ1) is 10.7. The molecular weight excluding hydrogens is 317 g/mol. The number of hydrogen-bond donors (Lipinski definition) is 1. The van der Waals surface area contributed by atoms with E-state index in [1.807, 2.05) is 13.8 Å². The van der Waals surface area contributed by atoms with Gasteiger partial charge in [0.1, 0.15) is 0 Å². The first kappa shape index (κ1) is 17.7. The van der Waals surface area contributed by atoms with Crippen molar-refractivity contribution in [1.29, 1.82) is 0 Å². The Kier molecular flexibility index (Phi) is 5.26. The summed E-state index contributed by atoms with van der Waals surface area (Å²) in [6, 6.07) is -0.160. The van der Waals surface area contributed by atoms with E-state index in [9.17, 15) is 26.7 Å². The largest absolute Gasteiger partial charge is 0.353 e. The van der Waals surface area contributed by atoms with Crippen LogP contribution in [0.4, 0.5) is 22.0 Å². The number of carbonyl (C=O) groups is 1. The van der Waals surface area contributed by atoms with Gasteiger partial charge in [-0.15, -0.1) is 0 Å². The quantitative estimate of drug-likeness (QED) is 0.507. The van der Waals surface area contributed by atoms with E-state index in [-0.39, 0.29) is 12.0 Å². The van der Waals surface area contributed by atoms with Crippen molar-refractivity contribution >= 4 is 5.91 Å². The summed E-state index contributed by atoms with van der Waals surface area (Å²) in [6.07, 6.45) is 1.79. The van der Waals surface area contributed by atoms with E-state index in [1.165, 1.54) is 0 Å². The van der Waals surface area contributed by atoms with E-state index < -0.39 is 47.0 Å². The molecule has 0 aromatic heterocycles. The van der Waals surface area contributed by atoms with Gasteiger partial charge in [0.15, 0.2) is 23.3 Å². The number of rotatable bonds is 3. The van der Waals surface area contributed by atoms with Gasteiger partial charge in [0.25, 0.3) is 0 Å². The molecule has 0 bridgehead atoms. The highest BCUT2D eigenvalue weighted by atomic mass is 19.2. The van der Waals surface area contributed by atoms with Gasteiger partial charge >= 0.3 is 0 Å². The molecule has 1 amide bonds. The van der Waals surface area contributed by atoms with Crippen molar-refractivity contribution in [3.05, 3.63) is 34.6 Å². The second-order valence-corrected chi connectivity index (χ2v) is 6.17. The Balaban J connectivity index is 2.15. The van der Waals surface area contributed by atoms with Gasteiger partial charge in [-0.3, -0.25) is 4.79 Å². The van der Waals surface area contributed by atoms with E-state index in [4.69, 9.17) is 0 Å². The lowest BCUT2D eigenvalue weighted by molar-refractivity contribution is -0.122. The monoisotopic (exact) mass is 335 g/mol. The molecule has 2 nitrogen and oxygen atoms in total. The molecule has 2 rings (SSSR count). The third-order valence-corrected chi connectivity index (χ3v) is 4.69. The molecule has 0 spiro atoms. The van der Waals surface area contributed by atoms with Crippen LogP contribution in [0, 0.1) is 40.9 Å². The maximum Gasteiger partial charge on any atom is 0.224 e. The fourth-order valence-electron chi connectivity index (χ4n) is 3.01. The third-order valence-electron chi connectivity index (χ3n) is 4.69. The summed E-state index contributed by atoms with van der Waals surface area (Å²) in [5.74, 6) is -10.4. The average molecular weight is 335 g/mol. The number of amides is 1. The minimum absolute atomic E-state index is 0.160. The minimum Gasteiger partial charge on any atom is -0.353 e. The van der Waals surface area contributed by atoms with Crippen molar-refractivity contribution in [2.24, 2.45) is 11.8 Å². The Morgan fingerprint density at radius 1 is 0.957 bits per heavy atom. The molecule has 1 aliphatic rings. The molecule has 1 saturated carbocycles. The van der Waals surface area contributed by atoms with Crippen molar-refractivity contribution in [3.8, 4) is 0 Å². The van der Waals surface area contributed by atoms with Gasteiger partial charge in [0.2, 0.25) is 11.7 Å². The number of carbonyl (C=O) groups excluding carboxylic acids is 1. The molecule has 1 fully saturated rings. The second-order valence-electron chi connectivity index (χ2n) is 6.17. The fourth-order valence-corrected chi connectivity index (χ4v) is 3.01. The number of halogens is 5. The van der Waals surface area contributed by atoms with Crippen molar-refractivity contribution in [2.75, 3.05) is 0 Å². The van der Waals surface area contributed by atoms with Crippen LogP contribution in [-0.4, -0.2) is 11.9 Å². The first-order valence-electron chi connectivity index (χ1n) is 7.53. The van der Waals surface area contributed by atoms with Gasteiger partial charge in [-0.2, -0.15) is 0 Å². The zero-order chi connectivity index (χ0) is 17.3. The predicted octanol–water partition coefficient (Wildman–Crippen LogP) is 3.87. The molecule has 7 heteroatoms. The lowest BCUT2D eigenvalue weighted by Gasteiger charge is -2.34. The molecule has 0 aliphatic heterocycles. The summed E-state index contributed by atoms with van der Waals surface area (Å²) in [4.78, 5) is 12.0. The average Bonchev–Trinajstić information content (AvgIpc) is 2.52. The van der Waals surface area contributed by atoms with Crippen molar-refractivity contribution in [2.45, 2.75) is 45.6 Å². The van der Waals surface area contributed by atoms with Crippen LogP contribution in [0.25, 0.3) is 0 Å². The van der Waals surface area contributed by atoms with Crippen LogP contribution in [0.1, 0.15) is 38.7 Å². The lowest BCUT2D eigenvalue weighted by atomic mass is 9.78. The highest BCUT2D eigenvalue weighted by Gasteiger charge is 2.30. The summed E-state index contributed by atoms with van der Waals surface area (Å²) in [6.45, 7) is 4.01. The molecule has 0 unspecified atom stereocenters. The number of nitrogens with one attached hydrogen (secondary N) is 1. The Labute approximate surface area is 131 Å². The maximum absolute atomic E-state index is 13.6. The molecule has 1 N–H and O–H groups in total. The van der Waals surface area contributed by atoms with Gasteiger partial charge in [-0.05, 0) is 18.3 Å². The first-order valence-corrected chi connectivity index (χ1v) is 7.53. The SMILES string of the molecule is C[C@H]1[C@@H](C)CCC[C@H]1NC(=O)Cc1c(F)c(F)c(F)c(F)c1F. The Morgan fingerprint density at radius 2 is 1.48 bits per heavy atom. The van der Waals surface area contributed by atoms with E-state index >= 15 is 0 Å². The summed E-state index contributed by atoms with van der Waals surface area (Å²) in [5.41, 5.74) is -1.10. The van der Waals surface area contributed by atoms with Crippen LogP contribution < -0.4 is 5.32 Å². The van der Waals surface area contributed by atoms with E-state index in [0.717, 1.165) is 19.3 Å². The summed E-state index contributed by atoms with van der Waals surface area (Å²) in [5, 5.41) is 2.64. The smallest absolute Gasteiger partial charge is 0.224 e. The fraction of sp³-hybridized carbons (Fsp3) is 0.562. The van der Waals surface area contributed by atoms with Gasteiger partial charge < -0.3 is 5.32 Å². The predicted molar refractivity (Wildman–Crippen MR) is 74.0 cm³/mol. The molecule has 23 heavy (non-hydrogen) atoms. The molecule has 3 atom stereocenters. The molecule has 0 heterocycles.